The summed E-state index contributed by atoms with van der Waals surface area (Å²) in [6.07, 6.45) is 5.07. The lowest BCUT2D eigenvalue weighted by Gasteiger charge is -2.09. The smallest absolute Gasteiger partial charge is 0.357 e. The van der Waals surface area contributed by atoms with Crippen molar-refractivity contribution in [1.82, 2.24) is 9.55 Å². The summed E-state index contributed by atoms with van der Waals surface area (Å²) < 4.78 is 44.6. The summed E-state index contributed by atoms with van der Waals surface area (Å²) in [5, 5.41) is 11.2. The molecule has 3 N–H and O–H groups in total. The van der Waals surface area contributed by atoms with Crippen LogP contribution in [-0.2, 0) is 28.4 Å². The molecular weight excluding hydrogens is 425 g/mol. The Morgan fingerprint density at radius 3 is 2.76 bits per heavy atom. The van der Waals surface area contributed by atoms with Gasteiger partial charge < -0.3 is 10.4 Å². The average molecular weight is 440 g/mol. The van der Waals surface area contributed by atoms with Gasteiger partial charge in [-0.2, -0.15) is 0 Å². The highest BCUT2D eigenvalue weighted by Gasteiger charge is 2.22. The van der Waals surface area contributed by atoms with Crippen LogP contribution in [0, 0.1) is 5.82 Å². The first-order chi connectivity index (χ1) is 13.7. The summed E-state index contributed by atoms with van der Waals surface area (Å²) in [7, 11) is -2.47. The van der Waals surface area contributed by atoms with Crippen molar-refractivity contribution in [3.8, 4) is 0 Å². The zero-order valence-electron chi connectivity index (χ0n) is 14.9. The molecule has 2 heterocycles. The maximum Gasteiger partial charge on any atom is 0.357 e. The summed E-state index contributed by atoms with van der Waals surface area (Å²) in [6, 6.07) is 2.94. The molecule has 0 bridgehead atoms. The Morgan fingerprint density at radius 1 is 1.38 bits per heavy atom. The molecule has 1 aromatic carbocycles. The Balaban J connectivity index is 1.75. The van der Waals surface area contributed by atoms with Gasteiger partial charge in [0.1, 0.15) is 23.2 Å². The van der Waals surface area contributed by atoms with Gasteiger partial charge >= 0.3 is 5.97 Å². The van der Waals surface area contributed by atoms with Crippen molar-refractivity contribution in [3.05, 3.63) is 53.9 Å². The number of hydrogen-bond acceptors (Lipinski definition) is 6. The number of carbonyl (C=O) groups is 2. The monoisotopic (exact) mass is 440 g/mol. The maximum atomic E-state index is 14.3. The van der Waals surface area contributed by atoms with Gasteiger partial charge in [-0.15, -0.1) is 11.3 Å². The predicted octanol–water partition coefficient (Wildman–Crippen LogP) is 1.05. The Morgan fingerprint density at radius 2 is 2.14 bits per heavy atom. The molecule has 13 heteroatoms. The Labute approximate surface area is 168 Å². The lowest BCUT2D eigenvalue weighted by Crippen LogP contribution is -2.25. The number of aromatic carboxylic acids is 1. The van der Waals surface area contributed by atoms with Crippen LogP contribution in [0.25, 0.3) is 0 Å². The number of nitrogens with one attached hydrogen (secondary N) is 2. The fourth-order valence-corrected chi connectivity index (χ4v) is 4.37. The van der Waals surface area contributed by atoms with Crippen LogP contribution in [-0.4, -0.2) is 35.0 Å². The lowest BCUT2D eigenvalue weighted by atomic mass is 10.3. The molecule has 1 amide bonds. The van der Waals surface area contributed by atoms with Gasteiger partial charge in [-0.05, 0) is 18.2 Å². The third-order valence-electron chi connectivity index (χ3n) is 3.67. The van der Waals surface area contributed by atoms with Crippen molar-refractivity contribution in [3.63, 3.8) is 0 Å². The second kappa shape index (κ2) is 7.97. The summed E-state index contributed by atoms with van der Waals surface area (Å²) in [5.41, 5.74) is 0.529. The molecule has 0 saturated heterocycles. The minimum atomic E-state index is -4.26. The standard InChI is InChI=1S/C16H14FN5O5S2/c1-21-4-5-22(9-21)7-13(23)19-12-3-2-10(6-11(12)17)29(26,27)20-15-14(16(24)25)18-8-28-15/h2-6,8-9,20H,7H2,1H3,(H-,19,23,24,25)/p+1. The molecule has 0 saturated carbocycles. The number of aromatic nitrogens is 3. The molecule has 3 aromatic rings. The average Bonchev–Trinajstić information content (AvgIpc) is 3.25. The first kappa shape index (κ1) is 20.4. The maximum absolute atomic E-state index is 14.3. The molecule has 0 fully saturated rings. The summed E-state index contributed by atoms with van der Waals surface area (Å²) in [5.74, 6) is -2.85. The Hall–Kier alpha value is -3.32. The van der Waals surface area contributed by atoms with Crippen molar-refractivity contribution in [2.75, 3.05) is 10.0 Å². The molecule has 2 aromatic heterocycles. The number of amides is 1. The molecule has 0 spiro atoms. The second-order valence-electron chi connectivity index (χ2n) is 5.88. The van der Waals surface area contributed by atoms with Gasteiger partial charge in [0, 0.05) is 0 Å². The number of carboxylic acid groups (broad SMARTS) is 1. The molecule has 0 radical (unpaired) electrons. The van der Waals surface area contributed by atoms with E-state index in [0.717, 1.165) is 29.5 Å². The number of thiazole rings is 1. The van der Waals surface area contributed by atoms with Crippen molar-refractivity contribution in [2.45, 2.75) is 11.4 Å². The van der Waals surface area contributed by atoms with Crippen LogP contribution >= 0.6 is 11.3 Å². The fourth-order valence-electron chi connectivity index (χ4n) is 2.37. The van der Waals surface area contributed by atoms with Crippen LogP contribution in [0.1, 0.15) is 10.5 Å². The number of halogens is 1. The summed E-state index contributed by atoms with van der Waals surface area (Å²) in [4.78, 5) is 26.2. The highest BCUT2D eigenvalue weighted by molar-refractivity contribution is 7.93. The van der Waals surface area contributed by atoms with Crippen LogP contribution < -0.4 is 14.6 Å². The molecule has 3 rings (SSSR count). The third kappa shape index (κ3) is 4.75. The number of sulfonamides is 1. The molecule has 0 unspecified atom stereocenters. The first-order valence-corrected chi connectivity index (χ1v) is 10.3. The van der Waals surface area contributed by atoms with Gasteiger partial charge in [-0.25, -0.2) is 31.7 Å². The zero-order chi connectivity index (χ0) is 21.2. The fraction of sp³-hybridized carbons (Fsp3) is 0.125. The molecular formula is C16H15FN5O5S2+. The van der Waals surface area contributed by atoms with Crippen molar-refractivity contribution in [2.24, 2.45) is 7.05 Å². The van der Waals surface area contributed by atoms with Gasteiger partial charge in [0.15, 0.2) is 12.2 Å². The third-order valence-corrected chi connectivity index (χ3v) is 5.89. The van der Waals surface area contributed by atoms with E-state index < -0.39 is 38.3 Å². The van der Waals surface area contributed by atoms with Crippen LogP contribution in [0.3, 0.4) is 0 Å². The van der Waals surface area contributed by atoms with E-state index in [1.807, 2.05) is 0 Å². The number of nitrogens with zero attached hydrogens (tertiary/aromatic N) is 3. The number of aryl methyl sites for hydroxylation is 1. The minimum absolute atomic E-state index is 0.0504. The number of rotatable bonds is 7. The second-order valence-corrected chi connectivity index (χ2v) is 8.42. The van der Waals surface area contributed by atoms with Gasteiger partial charge in [0.25, 0.3) is 15.9 Å². The van der Waals surface area contributed by atoms with E-state index in [-0.39, 0.29) is 17.2 Å². The van der Waals surface area contributed by atoms with E-state index in [1.54, 1.807) is 34.9 Å². The largest absolute Gasteiger partial charge is 0.476 e. The number of carboxylic acids is 1. The highest BCUT2D eigenvalue weighted by Crippen LogP contribution is 2.25. The number of carbonyl (C=O) groups excluding carboxylic acids is 1. The SMILES string of the molecule is C[n+]1ccn(CC(=O)Nc2ccc(S(=O)(=O)Nc3scnc3C(=O)O)cc2F)c1. The van der Waals surface area contributed by atoms with E-state index in [4.69, 9.17) is 5.11 Å². The van der Waals surface area contributed by atoms with E-state index in [2.05, 4.69) is 15.0 Å². The summed E-state index contributed by atoms with van der Waals surface area (Å²) in [6.45, 7) is -0.0504. The van der Waals surface area contributed by atoms with E-state index in [1.165, 1.54) is 5.51 Å². The number of imidazole rings is 1. The van der Waals surface area contributed by atoms with Crippen LogP contribution in [0.15, 0.2) is 47.3 Å². The summed E-state index contributed by atoms with van der Waals surface area (Å²) >= 11 is 0.781. The van der Waals surface area contributed by atoms with E-state index in [0.29, 0.717) is 0 Å². The quantitative estimate of drug-likeness (QED) is 0.470. The van der Waals surface area contributed by atoms with Gasteiger partial charge in [-0.1, -0.05) is 0 Å². The van der Waals surface area contributed by atoms with Crippen LogP contribution in [0.5, 0.6) is 0 Å². The molecule has 10 nitrogen and oxygen atoms in total. The molecule has 0 aliphatic heterocycles. The number of benzene rings is 1. The highest BCUT2D eigenvalue weighted by atomic mass is 32.2. The van der Waals surface area contributed by atoms with Gasteiger partial charge in [-0.3, -0.25) is 9.52 Å². The van der Waals surface area contributed by atoms with Crippen LogP contribution in [0.4, 0.5) is 15.1 Å². The van der Waals surface area contributed by atoms with Crippen molar-refractivity contribution < 1.29 is 32.1 Å². The normalized spacial score (nSPS) is 11.2. The molecule has 0 aliphatic rings. The molecule has 29 heavy (non-hydrogen) atoms. The first-order valence-electron chi connectivity index (χ1n) is 7.96. The Kier molecular flexibility index (Phi) is 5.61. The molecule has 0 atom stereocenters. The predicted molar refractivity (Wildman–Crippen MR) is 101 cm³/mol. The van der Waals surface area contributed by atoms with Crippen LogP contribution in [0.2, 0.25) is 0 Å². The Bertz CT molecular complexity index is 1190. The number of hydrogen-bond donors (Lipinski definition) is 3. The lowest BCUT2D eigenvalue weighted by molar-refractivity contribution is -0.671. The number of anilines is 2. The topological polar surface area (TPSA) is 134 Å². The van der Waals surface area contributed by atoms with Crippen molar-refractivity contribution >= 4 is 43.9 Å². The molecule has 0 aliphatic carbocycles. The van der Waals surface area contributed by atoms with Gasteiger partial charge in [0.2, 0.25) is 6.33 Å². The van der Waals surface area contributed by atoms with E-state index in [9.17, 15) is 22.4 Å². The zero-order valence-corrected chi connectivity index (χ0v) is 16.5. The van der Waals surface area contributed by atoms with Gasteiger partial charge in [0.05, 0.1) is 23.1 Å². The van der Waals surface area contributed by atoms with E-state index >= 15 is 0 Å². The molecule has 152 valence electrons. The van der Waals surface area contributed by atoms with Crippen molar-refractivity contribution in [1.29, 1.82) is 0 Å². The minimum Gasteiger partial charge on any atom is -0.476 e.